The second kappa shape index (κ2) is 6.79. The molecule has 0 saturated carbocycles. The van der Waals surface area contributed by atoms with Crippen LogP contribution in [-0.2, 0) is 10.0 Å². The summed E-state index contributed by atoms with van der Waals surface area (Å²) in [6, 6.07) is 8.04. The largest absolute Gasteiger partial charge is 0.273 e. The number of nitrogens with zero attached hydrogens (tertiary/aromatic N) is 1. The molecule has 2 amide bonds. The molecule has 136 valence electrons. The van der Waals surface area contributed by atoms with Gasteiger partial charge in [0.05, 0.1) is 16.0 Å². The van der Waals surface area contributed by atoms with Gasteiger partial charge in [-0.15, -0.1) is 0 Å². The van der Waals surface area contributed by atoms with E-state index < -0.39 is 27.7 Å². The van der Waals surface area contributed by atoms with E-state index >= 15 is 0 Å². The van der Waals surface area contributed by atoms with Crippen molar-refractivity contribution in [2.45, 2.75) is 11.8 Å². The Kier molecular flexibility index (Phi) is 4.83. The molecule has 9 heteroatoms. The number of benzene rings is 2. The van der Waals surface area contributed by atoms with Crippen molar-refractivity contribution in [2.24, 2.45) is 0 Å². The number of hydrogen-bond donors (Lipinski definition) is 1. The molecule has 2 aromatic carbocycles. The summed E-state index contributed by atoms with van der Waals surface area (Å²) in [4.78, 5) is 25.3. The zero-order chi connectivity index (χ0) is 19.1. The standard InChI is InChI=1S/C17H14ClFN2O4S/c1-10-9-11(5-6-13(10)18)26(24,25)20-7-8-21-16(22)12-3-2-4-14(19)15(12)17(21)23/h2-6,9,20H,7-8H2,1H3. The number of imide groups is 1. The summed E-state index contributed by atoms with van der Waals surface area (Å²) < 4.78 is 40.7. The number of nitrogens with one attached hydrogen (secondary N) is 1. The molecule has 0 bridgehead atoms. The molecular formula is C17H14ClFN2O4S. The highest BCUT2D eigenvalue weighted by atomic mass is 35.5. The highest BCUT2D eigenvalue weighted by Gasteiger charge is 2.37. The quantitative estimate of drug-likeness (QED) is 0.786. The van der Waals surface area contributed by atoms with E-state index in [0.717, 1.165) is 11.0 Å². The van der Waals surface area contributed by atoms with E-state index in [1.807, 2.05) is 0 Å². The Morgan fingerprint density at radius 2 is 1.88 bits per heavy atom. The molecule has 2 aromatic rings. The van der Waals surface area contributed by atoms with Crippen molar-refractivity contribution >= 4 is 33.4 Å². The van der Waals surface area contributed by atoms with Crippen LogP contribution < -0.4 is 4.72 Å². The maximum absolute atomic E-state index is 13.8. The molecule has 0 atom stereocenters. The van der Waals surface area contributed by atoms with Gasteiger partial charge in [0.25, 0.3) is 11.8 Å². The Morgan fingerprint density at radius 3 is 2.54 bits per heavy atom. The first kappa shape index (κ1) is 18.5. The molecule has 26 heavy (non-hydrogen) atoms. The van der Waals surface area contributed by atoms with Crippen LogP contribution in [0.25, 0.3) is 0 Å². The van der Waals surface area contributed by atoms with Crippen LogP contribution in [-0.4, -0.2) is 38.2 Å². The van der Waals surface area contributed by atoms with Gasteiger partial charge in [-0.25, -0.2) is 17.5 Å². The fourth-order valence-corrected chi connectivity index (χ4v) is 3.88. The molecule has 1 aliphatic heterocycles. The van der Waals surface area contributed by atoms with E-state index in [4.69, 9.17) is 11.6 Å². The zero-order valence-corrected chi connectivity index (χ0v) is 15.2. The molecule has 6 nitrogen and oxygen atoms in total. The second-order valence-electron chi connectivity index (χ2n) is 5.73. The van der Waals surface area contributed by atoms with Gasteiger partial charge < -0.3 is 0 Å². The Hall–Kier alpha value is -2.29. The summed E-state index contributed by atoms with van der Waals surface area (Å²) in [5, 5.41) is 0.442. The van der Waals surface area contributed by atoms with Crippen LogP contribution in [0.15, 0.2) is 41.3 Å². The average molecular weight is 397 g/mol. The molecule has 0 aromatic heterocycles. The zero-order valence-electron chi connectivity index (χ0n) is 13.6. The lowest BCUT2D eigenvalue weighted by atomic mass is 10.1. The van der Waals surface area contributed by atoms with E-state index in [1.165, 1.54) is 30.3 Å². The molecule has 1 aliphatic rings. The van der Waals surface area contributed by atoms with Gasteiger partial charge in [-0.2, -0.15) is 0 Å². The van der Waals surface area contributed by atoms with Crippen molar-refractivity contribution in [3.63, 3.8) is 0 Å². The van der Waals surface area contributed by atoms with Gasteiger partial charge in [0.15, 0.2) is 0 Å². The lowest BCUT2D eigenvalue weighted by Crippen LogP contribution is -2.38. The topological polar surface area (TPSA) is 83.6 Å². The summed E-state index contributed by atoms with van der Waals surface area (Å²) in [7, 11) is -3.83. The number of carbonyl (C=O) groups is 2. The number of sulfonamides is 1. The highest BCUT2D eigenvalue weighted by Crippen LogP contribution is 2.25. The Morgan fingerprint density at radius 1 is 1.15 bits per heavy atom. The summed E-state index contributed by atoms with van der Waals surface area (Å²) in [5.74, 6) is -2.20. The third-order valence-electron chi connectivity index (χ3n) is 4.02. The lowest BCUT2D eigenvalue weighted by molar-refractivity contribution is 0.0656. The fraction of sp³-hybridized carbons (Fsp3) is 0.176. The number of halogens is 2. The maximum Gasteiger partial charge on any atom is 0.264 e. The SMILES string of the molecule is Cc1cc(S(=O)(=O)NCCN2C(=O)c3cccc(F)c3C2=O)ccc1Cl. The van der Waals surface area contributed by atoms with Crippen LogP contribution in [0.5, 0.6) is 0 Å². The van der Waals surface area contributed by atoms with E-state index in [-0.39, 0.29) is 29.1 Å². The van der Waals surface area contributed by atoms with Gasteiger partial charge in [0.1, 0.15) is 5.82 Å². The molecule has 0 aliphatic carbocycles. The Labute approximate surface area is 154 Å². The van der Waals surface area contributed by atoms with Crippen molar-refractivity contribution in [1.29, 1.82) is 0 Å². The fourth-order valence-electron chi connectivity index (χ4n) is 2.65. The molecule has 3 rings (SSSR count). The van der Waals surface area contributed by atoms with Crippen molar-refractivity contribution in [3.05, 3.63) is 63.9 Å². The number of carbonyl (C=O) groups excluding carboxylic acids is 2. The summed E-state index contributed by atoms with van der Waals surface area (Å²) in [5.41, 5.74) is 0.297. The van der Waals surface area contributed by atoms with Gasteiger partial charge in [-0.1, -0.05) is 17.7 Å². The number of fused-ring (bicyclic) bond motifs is 1. The number of rotatable bonds is 5. The molecule has 1 heterocycles. The summed E-state index contributed by atoms with van der Waals surface area (Å²) in [6.45, 7) is 1.27. The number of amides is 2. The number of aryl methyl sites for hydroxylation is 1. The van der Waals surface area contributed by atoms with Crippen molar-refractivity contribution < 1.29 is 22.4 Å². The third kappa shape index (κ3) is 3.23. The predicted octanol–water partition coefficient (Wildman–Crippen LogP) is 2.36. The van der Waals surface area contributed by atoms with Crippen LogP contribution in [0.2, 0.25) is 5.02 Å². The van der Waals surface area contributed by atoms with E-state index in [0.29, 0.717) is 10.6 Å². The monoisotopic (exact) mass is 396 g/mol. The lowest BCUT2D eigenvalue weighted by Gasteiger charge is -2.14. The summed E-state index contributed by atoms with van der Waals surface area (Å²) in [6.07, 6.45) is 0. The first-order chi connectivity index (χ1) is 12.2. The number of hydrogen-bond acceptors (Lipinski definition) is 4. The molecular weight excluding hydrogens is 383 g/mol. The molecule has 1 N–H and O–H groups in total. The molecule has 0 saturated heterocycles. The van der Waals surface area contributed by atoms with Gasteiger partial charge >= 0.3 is 0 Å². The van der Waals surface area contributed by atoms with E-state index in [1.54, 1.807) is 6.92 Å². The molecule has 0 spiro atoms. The van der Waals surface area contributed by atoms with E-state index in [2.05, 4.69) is 4.72 Å². The van der Waals surface area contributed by atoms with Crippen LogP contribution in [0.3, 0.4) is 0 Å². The second-order valence-corrected chi connectivity index (χ2v) is 7.91. The first-order valence-electron chi connectivity index (χ1n) is 7.63. The van der Waals surface area contributed by atoms with Gasteiger partial charge in [-0.05, 0) is 42.8 Å². The van der Waals surface area contributed by atoms with Crippen molar-refractivity contribution in [3.8, 4) is 0 Å². The van der Waals surface area contributed by atoms with Crippen molar-refractivity contribution in [2.75, 3.05) is 13.1 Å². The maximum atomic E-state index is 13.8. The summed E-state index contributed by atoms with van der Waals surface area (Å²) >= 11 is 5.88. The molecule has 0 fully saturated rings. The van der Waals surface area contributed by atoms with Gasteiger partial charge in [0, 0.05) is 18.1 Å². The minimum Gasteiger partial charge on any atom is -0.273 e. The molecule has 0 unspecified atom stereocenters. The first-order valence-corrected chi connectivity index (χ1v) is 9.49. The van der Waals surface area contributed by atoms with Crippen LogP contribution in [0.4, 0.5) is 4.39 Å². The highest BCUT2D eigenvalue weighted by molar-refractivity contribution is 7.89. The third-order valence-corrected chi connectivity index (χ3v) is 5.90. The Balaban J connectivity index is 1.70. The minimum atomic E-state index is -3.83. The van der Waals surface area contributed by atoms with Crippen LogP contribution in [0, 0.1) is 12.7 Å². The molecule has 0 radical (unpaired) electrons. The Bertz CT molecular complexity index is 1020. The smallest absolute Gasteiger partial charge is 0.264 e. The van der Waals surface area contributed by atoms with Crippen LogP contribution in [0.1, 0.15) is 26.3 Å². The predicted molar refractivity (Wildman–Crippen MR) is 93.1 cm³/mol. The van der Waals surface area contributed by atoms with Crippen molar-refractivity contribution in [1.82, 2.24) is 9.62 Å². The van der Waals surface area contributed by atoms with Gasteiger partial charge in [0.2, 0.25) is 10.0 Å². The normalized spacial score (nSPS) is 14.0. The van der Waals surface area contributed by atoms with Gasteiger partial charge in [-0.3, -0.25) is 14.5 Å². The minimum absolute atomic E-state index is 0.0211. The van der Waals surface area contributed by atoms with Crippen LogP contribution >= 0.6 is 11.6 Å². The average Bonchev–Trinajstić information content (AvgIpc) is 2.83. The van der Waals surface area contributed by atoms with E-state index in [9.17, 15) is 22.4 Å².